The lowest BCUT2D eigenvalue weighted by Crippen LogP contribution is -2.21. The molecule has 0 atom stereocenters. The van der Waals surface area contributed by atoms with Crippen LogP contribution in [-0.4, -0.2) is 30.3 Å². The van der Waals surface area contributed by atoms with Crippen molar-refractivity contribution in [3.8, 4) is 17.5 Å². The minimum absolute atomic E-state index is 0.0294. The van der Waals surface area contributed by atoms with Gasteiger partial charge in [-0.05, 0) is 24.3 Å². The minimum atomic E-state index is -0.0294. The van der Waals surface area contributed by atoms with Gasteiger partial charge in [-0.2, -0.15) is 10.2 Å². The molecule has 0 aliphatic rings. The smallest absolute Gasteiger partial charge is 0.234 e. The standard InChI is InChI=1S/C13H12ClN3O2/c1-17(6-7-18)13-11(8-15)16-12(19-13)9-2-4-10(14)5-3-9/h2-5,18H,6-7H2,1H3. The van der Waals surface area contributed by atoms with Crippen molar-refractivity contribution in [2.75, 3.05) is 25.1 Å². The molecule has 6 heteroatoms. The van der Waals surface area contributed by atoms with Crippen LogP contribution < -0.4 is 4.90 Å². The summed E-state index contributed by atoms with van der Waals surface area (Å²) in [5.41, 5.74) is 0.936. The van der Waals surface area contributed by atoms with Crippen LogP contribution in [0.25, 0.3) is 11.5 Å². The highest BCUT2D eigenvalue weighted by molar-refractivity contribution is 6.30. The van der Waals surface area contributed by atoms with E-state index in [-0.39, 0.29) is 12.3 Å². The van der Waals surface area contributed by atoms with E-state index in [1.54, 1.807) is 36.2 Å². The van der Waals surface area contributed by atoms with Crippen LogP contribution in [0.4, 0.5) is 5.88 Å². The molecule has 2 rings (SSSR count). The number of nitrogens with zero attached hydrogens (tertiary/aromatic N) is 3. The Morgan fingerprint density at radius 3 is 2.68 bits per heavy atom. The number of likely N-dealkylation sites (N-methyl/N-ethyl adjacent to an activating group) is 1. The van der Waals surface area contributed by atoms with Gasteiger partial charge in [-0.25, -0.2) is 0 Å². The van der Waals surface area contributed by atoms with E-state index in [1.165, 1.54) is 0 Å². The van der Waals surface area contributed by atoms with Crippen LogP contribution in [0.15, 0.2) is 28.7 Å². The van der Waals surface area contributed by atoms with Crippen LogP contribution in [-0.2, 0) is 0 Å². The number of hydrogen-bond acceptors (Lipinski definition) is 5. The third-order valence-electron chi connectivity index (χ3n) is 2.59. The SMILES string of the molecule is CN(CCO)c1oc(-c2ccc(Cl)cc2)nc1C#N. The first-order chi connectivity index (χ1) is 9.15. The van der Waals surface area contributed by atoms with Gasteiger partial charge in [0.15, 0.2) is 0 Å². The summed E-state index contributed by atoms with van der Waals surface area (Å²) >= 11 is 5.82. The van der Waals surface area contributed by atoms with Crippen molar-refractivity contribution < 1.29 is 9.52 Å². The van der Waals surface area contributed by atoms with Crippen LogP contribution >= 0.6 is 11.6 Å². The third-order valence-corrected chi connectivity index (χ3v) is 2.84. The number of rotatable bonds is 4. The van der Waals surface area contributed by atoms with Crippen molar-refractivity contribution in [1.82, 2.24) is 4.98 Å². The van der Waals surface area contributed by atoms with E-state index in [0.29, 0.717) is 23.3 Å². The zero-order chi connectivity index (χ0) is 13.8. The van der Waals surface area contributed by atoms with Gasteiger partial charge in [-0.1, -0.05) is 11.6 Å². The third kappa shape index (κ3) is 2.87. The monoisotopic (exact) mass is 277 g/mol. The molecule has 0 saturated carbocycles. The Labute approximate surface area is 115 Å². The molecule has 1 heterocycles. The summed E-state index contributed by atoms with van der Waals surface area (Å²) in [5, 5.41) is 18.6. The Hall–Kier alpha value is -2.03. The van der Waals surface area contributed by atoms with Crippen LogP contribution in [0.2, 0.25) is 5.02 Å². The first kappa shape index (κ1) is 13.4. The van der Waals surface area contributed by atoms with Gasteiger partial charge in [0.25, 0.3) is 0 Å². The molecule has 0 unspecified atom stereocenters. The van der Waals surface area contributed by atoms with E-state index in [4.69, 9.17) is 26.4 Å². The van der Waals surface area contributed by atoms with E-state index in [1.807, 2.05) is 6.07 Å². The molecule has 1 aromatic carbocycles. The fraction of sp³-hybridized carbons (Fsp3) is 0.231. The Balaban J connectivity index is 2.38. The largest absolute Gasteiger partial charge is 0.419 e. The zero-order valence-electron chi connectivity index (χ0n) is 10.3. The Morgan fingerprint density at radius 2 is 2.11 bits per heavy atom. The normalized spacial score (nSPS) is 10.2. The number of oxazole rings is 1. The van der Waals surface area contributed by atoms with E-state index in [9.17, 15) is 0 Å². The Bertz CT molecular complexity index is 601. The van der Waals surface area contributed by atoms with Crippen LogP contribution in [0.3, 0.4) is 0 Å². The first-order valence-corrected chi connectivity index (χ1v) is 6.02. The summed E-state index contributed by atoms with van der Waals surface area (Å²) in [6, 6.07) is 8.97. The van der Waals surface area contributed by atoms with Gasteiger partial charge in [-0.3, -0.25) is 0 Å². The molecule has 0 amide bonds. The summed E-state index contributed by atoms with van der Waals surface area (Å²) in [7, 11) is 1.73. The molecule has 0 saturated heterocycles. The number of benzene rings is 1. The maximum atomic E-state index is 9.06. The molecule has 0 aliphatic carbocycles. The highest BCUT2D eigenvalue weighted by Crippen LogP contribution is 2.28. The molecule has 5 nitrogen and oxygen atoms in total. The number of nitriles is 1. The molecule has 0 radical (unpaired) electrons. The second-order valence-corrected chi connectivity index (χ2v) is 4.37. The lowest BCUT2D eigenvalue weighted by atomic mass is 10.2. The second kappa shape index (κ2) is 5.74. The van der Waals surface area contributed by atoms with E-state index < -0.39 is 0 Å². The fourth-order valence-corrected chi connectivity index (χ4v) is 1.74. The molecular formula is C13H12ClN3O2. The molecule has 19 heavy (non-hydrogen) atoms. The molecule has 1 N–H and O–H groups in total. The Kier molecular flexibility index (Phi) is 4.05. The lowest BCUT2D eigenvalue weighted by Gasteiger charge is -2.13. The summed E-state index contributed by atoms with van der Waals surface area (Å²) in [6.45, 7) is 0.336. The topological polar surface area (TPSA) is 73.3 Å². The summed E-state index contributed by atoms with van der Waals surface area (Å²) in [4.78, 5) is 5.78. The molecule has 2 aromatic rings. The van der Waals surface area contributed by atoms with Crippen LogP contribution in [0.1, 0.15) is 5.69 Å². The summed E-state index contributed by atoms with van der Waals surface area (Å²) < 4.78 is 5.58. The maximum Gasteiger partial charge on any atom is 0.234 e. The van der Waals surface area contributed by atoms with Crippen molar-refractivity contribution in [1.29, 1.82) is 5.26 Å². The predicted molar refractivity (Wildman–Crippen MR) is 72.0 cm³/mol. The lowest BCUT2D eigenvalue weighted by molar-refractivity contribution is 0.302. The first-order valence-electron chi connectivity index (χ1n) is 5.64. The molecule has 1 aromatic heterocycles. The van der Waals surface area contributed by atoms with Gasteiger partial charge >= 0.3 is 0 Å². The van der Waals surface area contributed by atoms with Crippen molar-refractivity contribution in [3.05, 3.63) is 35.0 Å². The van der Waals surface area contributed by atoms with E-state index >= 15 is 0 Å². The van der Waals surface area contributed by atoms with Crippen molar-refractivity contribution >= 4 is 17.5 Å². The quantitative estimate of drug-likeness (QED) is 0.928. The van der Waals surface area contributed by atoms with Gasteiger partial charge in [0.05, 0.1) is 6.61 Å². The zero-order valence-corrected chi connectivity index (χ0v) is 11.1. The van der Waals surface area contributed by atoms with Gasteiger partial charge in [0, 0.05) is 24.2 Å². The number of aliphatic hydroxyl groups is 1. The summed E-state index contributed by atoms with van der Waals surface area (Å²) in [6.07, 6.45) is 0. The average molecular weight is 278 g/mol. The number of anilines is 1. The second-order valence-electron chi connectivity index (χ2n) is 3.94. The van der Waals surface area contributed by atoms with Crippen molar-refractivity contribution in [2.24, 2.45) is 0 Å². The van der Waals surface area contributed by atoms with Gasteiger partial charge in [-0.15, -0.1) is 0 Å². The van der Waals surface area contributed by atoms with Gasteiger partial charge in [0.1, 0.15) is 6.07 Å². The molecule has 0 bridgehead atoms. The molecule has 0 spiro atoms. The Morgan fingerprint density at radius 1 is 1.42 bits per heavy atom. The van der Waals surface area contributed by atoms with E-state index in [2.05, 4.69) is 4.98 Å². The average Bonchev–Trinajstić information content (AvgIpc) is 2.84. The molecule has 98 valence electrons. The minimum Gasteiger partial charge on any atom is -0.419 e. The van der Waals surface area contributed by atoms with Crippen LogP contribution in [0, 0.1) is 11.3 Å². The highest BCUT2D eigenvalue weighted by atomic mass is 35.5. The van der Waals surface area contributed by atoms with Crippen LogP contribution in [0.5, 0.6) is 0 Å². The number of halogens is 1. The van der Waals surface area contributed by atoms with E-state index in [0.717, 1.165) is 5.56 Å². The van der Waals surface area contributed by atoms with Crippen molar-refractivity contribution in [2.45, 2.75) is 0 Å². The molecular weight excluding hydrogens is 266 g/mol. The highest BCUT2D eigenvalue weighted by Gasteiger charge is 2.17. The van der Waals surface area contributed by atoms with Gasteiger partial charge in [0.2, 0.25) is 17.5 Å². The maximum absolute atomic E-state index is 9.06. The molecule has 0 fully saturated rings. The predicted octanol–water partition coefficient (Wildman–Crippen LogP) is 2.30. The summed E-state index contributed by atoms with van der Waals surface area (Å²) in [5.74, 6) is 0.703. The number of hydrogen-bond donors (Lipinski definition) is 1. The number of aromatic nitrogens is 1. The molecule has 0 aliphatic heterocycles. The van der Waals surface area contributed by atoms with Gasteiger partial charge < -0.3 is 14.4 Å². The fourth-order valence-electron chi connectivity index (χ4n) is 1.61. The number of aliphatic hydroxyl groups excluding tert-OH is 1. The van der Waals surface area contributed by atoms with Crippen molar-refractivity contribution in [3.63, 3.8) is 0 Å².